The van der Waals surface area contributed by atoms with Crippen LogP contribution in [0.4, 0.5) is 0 Å². The van der Waals surface area contributed by atoms with Crippen molar-refractivity contribution in [1.29, 1.82) is 0 Å². The Kier molecular flexibility index (Phi) is 3.91. The molecule has 0 amide bonds. The van der Waals surface area contributed by atoms with Crippen LogP contribution < -0.4 is 0 Å². The lowest BCUT2D eigenvalue weighted by molar-refractivity contribution is -0.148. The van der Waals surface area contributed by atoms with Gasteiger partial charge in [-0.1, -0.05) is 6.07 Å². The molecule has 0 aromatic heterocycles. The quantitative estimate of drug-likeness (QED) is 0.806. The van der Waals surface area contributed by atoms with E-state index in [9.17, 15) is 9.90 Å². The third kappa shape index (κ3) is 3.38. The molecular weight excluding hydrogens is 240 g/mol. The summed E-state index contributed by atoms with van der Waals surface area (Å²) in [5, 5.41) is 18.1. The van der Waals surface area contributed by atoms with E-state index < -0.39 is 12.1 Å². The molecule has 5 heteroatoms. The second-order valence-electron chi connectivity index (χ2n) is 3.97. The van der Waals surface area contributed by atoms with Crippen LogP contribution in [0, 0.1) is 0 Å². The molecule has 4 nitrogen and oxygen atoms in total. The van der Waals surface area contributed by atoms with Crippen LogP contribution in [0.15, 0.2) is 29.2 Å². The van der Waals surface area contributed by atoms with E-state index in [1.165, 1.54) is 0 Å². The number of phenols is 1. The molecule has 2 atom stereocenters. The van der Waals surface area contributed by atoms with Gasteiger partial charge in [0.2, 0.25) is 0 Å². The maximum atomic E-state index is 10.7. The first-order chi connectivity index (χ1) is 8.15. The van der Waals surface area contributed by atoms with Crippen LogP contribution in [0.1, 0.15) is 12.8 Å². The van der Waals surface area contributed by atoms with Gasteiger partial charge in [-0.15, -0.1) is 11.8 Å². The van der Waals surface area contributed by atoms with Gasteiger partial charge in [0, 0.05) is 10.6 Å². The largest absolute Gasteiger partial charge is 0.508 e. The van der Waals surface area contributed by atoms with Crippen molar-refractivity contribution in [3.05, 3.63) is 24.3 Å². The van der Waals surface area contributed by atoms with Crippen LogP contribution >= 0.6 is 11.8 Å². The second-order valence-corrected chi connectivity index (χ2v) is 5.06. The van der Waals surface area contributed by atoms with Crippen molar-refractivity contribution in [3.63, 3.8) is 0 Å². The maximum absolute atomic E-state index is 10.7. The van der Waals surface area contributed by atoms with Crippen molar-refractivity contribution in [3.8, 4) is 5.75 Å². The first-order valence-electron chi connectivity index (χ1n) is 5.45. The lowest BCUT2D eigenvalue weighted by Crippen LogP contribution is -2.21. The van der Waals surface area contributed by atoms with Crippen LogP contribution in [-0.4, -0.2) is 34.1 Å². The Labute approximate surface area is 104 Å². The molecule has 2 rings (SSSR count). The number of carboxylic acid groups (broad SMARTS) is 1. The summed E-state index contributed by atoms with van der Waals surface area (Å²) >= 11 is 1.57. The molecule has 0 spiro atoms. The summed E-state index contributed by atoms with van der Waals surface area (Å²) < 4.78 is 5.39. The zero-order valence-electron chi connectivity index (χ0n) is 9.20. The number of phenolic OH excluding ortho intramolecular Hbond substituents is 1. The molecular formula is C12H14O4S. The van der Waals surface area contributed by atoms with E-state index in [-0.39, 0.29) is 11.9 Å². The van der Waals surface area contributed by atoms with E-state index in [0.29, 0.717) is 12.2 Å². The van der Waals surface area contributed by atoms with E-state index in [2.05, 4.69) is 0 Å². The van der Waals surface area contributed by atoms with Crippen LogP contribution in [0.5, 0.6) is 5.75 Å². The highest BCUT2D eigenvalue weighted by Crippen LogP contribution is 2.28. The maximum Gasteiger partial charge on any atom is 0.332 e. The van der Waals surface area contributed by atoms with E-state index in [0.717, 1.165) is 11.3 Å². The fraction of sp³-hybridized carbons (Fsp3) is 0.417. The Balaban J connectivity index is 1.82. The van der Waals surface area contributed by atoms with Gasteiger partial charge in [0.1, 0.15) is 5.75 Å². The standard InChI is InChI=1S/C12H14O4S/c13-8-2-1-3-10(6-8)17-7-9-4-5-11(16-9)12(14)15/h1-3,6,9,11,13H,4-5,7H2,(H,14,15). The number of ether oxygens (including phenoxy) is 1. The highest BCUT2D eigenvalue weighted by Gasteiger charge is 2.30. The molecule has 0 aliphatic carbocycles. The van der Waals surface area contributed by atoms with Gasteiger partial charge < -0.3 is 14.9 Å². The molecule has 1 aromatic carbocycles. The van der Waals surface area contributed by atoms with Crippen LogP contribution in [0.2, 0.25) is 0 Å². The molecule has 0 bridgehead atoms. The zero-order chi connectivity index (χ0) is 12.3. The highest BCUT2D eigenvalue weighted by atomic mass is 32.2. The van der Waals surface area contributed by atoms with Gasteiger partial charge in [0.05, 0.1) is 6.10 Å². The first kappa shape index (κ1) is 12.3. The van der Waals surface area contributed by atoms with Gasteiger partial charge in [-0.25, -0.2) is 4.79 Å². The van der Waals surface area contributed by atoms with Crippen molar-refractivity contribution in [2.75, 3.05) is 5.75 Å². The van der Waals surface area contributed by atoms with Crippen molar-refractivity contribution < 1.29 is 19.7 Å². The molecule has 1 fully saturated rings. The molecule has 1 aliphatic rings. The Morgan fingerprint density at radius 3 is 2.94 bits per heavy atom. The minimum Gasteiger partial charge on any atom is -0.508 e. The topological polar surface area (TPSA) is 66.8 Å². The van der Waals surface area contributed by atoms with E-state index in [1.54, 1.807) is 30.0 Å². The smallest absolute Gasteiger partial charge is 0.332 e. The van der Waals surface area contributed by atoms with Gasteiger partial charge in [0.15, 0.2) is 6.10 Å². The summed E-state index contributed by atoms with van der Waals surface area (Å²) in [6.07, 6.45) is 0.705. The average Bonchev–Trinajstić information content (AvgIpc) is 2.75. The lowest BCUT2D eigenvalue weighted by Gasteiger charge is -2.10. The van der Waals surface area contributed by atoms with Gasteiger partial charge in [-0.05, 0) is 31.0 Å². The fourth-order valence-electron chi connectivity index (χ4n) is 1.77. The Morgan fingerprint density at radius 2 is 2.29 bits per heavy atom. The molecule has 0 saturated carbocycles. The molecule has 2 unspecified atom stereocenters. The van der Waals surface area contributed by atoms with Crippen molar-refractivity contribution >= 4 is 17.7 Å². The Hall–Kier alpha value is -1.20. The molecule has 17 heavy (non-hydrogen) atoms. The van der Waals surface area contributed by atoms with Gasteiger partial charge in [-0.2, -0.15) is 0 Å². The summed E-state index contributed by atoms with van der Waals surface area (Å²) in [4.78, 5) is 11.7. The minimum absolute atomic E-state index is 0.0107. The summed E-state index contributed by atoms with van der Waals surface area (Å²) in [5.74, 6) is 0.0772. The average molecular weight is 254 g/mol. The van der Waals surface area contributed by atoms with Crippen molar-refractivity contribution in [2.24, 2.45) is 0 Å². The van der Waals surface area contributed by atoms with E-state index in [4.69, 9.17) is 9.84 Å². The van der Waals surface area contributed by atoms with Crippen molar-refractivity contribution in [2.45, 2.75) is 29.9 Å². The minimum atomic E-state index is -0.880. The van der Waals surface area contributed by atoms with E-state index >= 15 is 0 Å². The fourth-order valence-corrected chi connectivity index (χ4v) is 2.77. The summed E-state index contributed by atoms with van der Waals surface area (Å²) in [6, 6.07) is 7.01. The SMILES string of the molecule is O=C(O)C1CCC(CSc2cccc(O)c2)O1. The van der Waals surface area contributed by atoms with E-state index in [1.807, 2.05) is 6.07 Å². The number of thioether (sulfide) groups is 1. The monoisotopic (exact) mass is 254 g/mol. The van der Waals surface area contributed by atoms with Crippen LogP contribution in [0.3, 0.4) is 0 Å². The Morgan fingerprint density at radius 1 is 1.47 bits per heavy atom. The predicted molar refractivity (Wildman–Crippen MR) is 64.4 cm³/mol. The summed E-state index contributed by atoms with van der Waals surface area (Å²) in [6.45, 7) is 0. The first-order valence-corrected chi connectivity index (χ1v) is 6.44. The number of rotatable bonds is 4. The molecule has 0 radical (unpaired) electrons. The zero-order valence-corrected chi connectivity index (χ0v) is 10.0. The number of aliphatic carboxylic acids is 1. The summed E-state index contributed by atoms with van der Waals surface area (Å²) in [7, 11) is 0. The third-order valence-electron chi connectivity index (χ3n) is 2.64. The van der Waals surface area contributed by atoms with Crippen LogP contribution in [-0.2, 0) is 9.53 Å². The highest BCUT2D eigenvalue weighted by molar-refractivity contribution is 7.99. The number of benzene rings is 1. The number of hydrogen-bond acceptors (Lipinski definition) is 4. The molecule has 1 aliphatic heterocycles. The molecule has 1 saturated heterocycles. The number of carbonyl (C=O) groups is 1. The van der Waals surface area contributed by atoms with Gasteiger partial charge in [-0.3, -0.25) is 0 Å². The number of aromatic hydroxyl groups is 1. The second kappa shape index (κ2) is 5.42. The third-order valence-corrected chi connectivity index (χ3v) is 3.76. The van der Waals surface area contributed by atoms with Gasteiger partial charge >= 0.3 is 5.97 Å². The Bertz CT molecular complexity index is 407. The predicted octanol–water partition coefficient (Wildman–Crippen LogP) is 2.12. The molecule has 1 aromatic rings. The summed E-state index contributed by atoms with van der Waals surface area (Å²) in [5.41, 5.74) is 0. The van der Waals surface area contributed by atoms with Crippen molar-refractivity contribution in [1.82, 2.24) is 0 Å². The molecule has 2 N–H and O–H groups in total. The lowest BCUT2D eigenvalue weighted by atomic mass is 10.2. The number of hydrogen-bond donors (Lipinski definition) is 2. The molecule has 92 valence electrons. The van der Waals surface area contributed by atoms with Crippen LogP contribution in [0.25, 0.3) is 0 Å². The number of carboxylic acids is 1. The van der Waals surface area contributed by atoms with Gasteiger partial charge in [0.25, 0.3) is 0 Å². The normalized spacial score (nSPS) is 23.8. The molecule has 1 heterocycles.